The van der Waals surface area contributed by atoms with Crippen molar-refractivity contribution in [3.63, 3.8) is 0 Å². The summed E-state index contributed by atoms with van der Waals surface area (Å²) >= 11 is 0. The number of fused-ring (bicyclic) bond motifs is 1. The Hall–Kier alpha value is -3.88. The molecule has 0 radical (unpaired) electrons. The van der Waals surface area contributed by atoms with Crippen LogP contribution in [0.3, 0.4) is 0 Å². The number of urea groups is 1. The highest BCUT2D eigenvalue weighted by Crippen LogP contribution is 2.28. The molecular formula is C36H50N6O7S. The number of aromatic hydroxyl groups is 1. The van der Waals surface area contributed by atoms with Crippen LogP contribution in [-0.2, 0) is 32.4 Å². The number of amides is 4. The van der Waals surface area contributed by atoms with Crippen molar-refractivity contribution < 1.29 is 32.6 Å². The van der Waals surface area contributed by atoms with Crippen LogP contribution in [0.25, 0.3) is 0 Å². The van der Waals surface area contributed by atoms with E-state index in [1.807, 2.05) is 55.1 Å². The van der Waals surface area contributed by atoms with Gasteiger partial charge in [-0.15, -0.1) is 0 Å². The highest BCUT2D eigenvalue weighted by Gasteiger charge is 2.37. The van der Waals surface area contributed by atoms with Gasteiger partial charge in [-0.25, -0.2) is 18.0 Å². The van der Waals surface area contributed by atoms with E-state index in [0.717, 1.165) is 36.1 Å². The van der Waals surface area contributed by atoms with Crippen LogP contribution in [-0.4, -0.2) is 139 Å². The lowest BCUT2D eigenvalue weighted by Crippen LogP contribution is -2.55. The number of sulfonamides is 1. The average molecular weight is 711 g/mol. The summed E-state index contributed by atoms with van der Waals surface area (Å²) in [6.45, 7) is 8.36. The third-order valence-corrected chi connectivity index (χ3v) is 12.1. The van der Waals surface area contributed by atoms with E-state index in [1.165, 1.54) is 10.6 Å². The van der Waals surface area contributed by atoms with E-state index in [4.69, 9.17) is 4.74 Å². The molecule has 1 atom stereocenters. The Morgan fingerprint density at radius 2 is 1.48 bits per heavy atom. The first kappa shape index (κ1) is 35.9. The fraction of sp³-hybridized carbons (Fsp3) is 0.583. The number of para-hydroxylation sites is 1. The number of rotatable bonds is 7. The number of phenols is 1. The minimum absolute atomic E-state index is 0.00983. The molecule has 2 aromatic carbocycles. The van der Waals surface area contributed by atoms with E-state index in [1.54, 1.807) is 9.80 Å². The molecule has 6 rings (SSSR count). The van der Waals surface area contributed by atoms with Gasteiger partial charge in [-0.3, -0.25) is 9.69 Å². The molecule has 50 heavy (non-hydrogen) atoms. The van der Waals surface area contributed by atoms with Gasteiger partial charge < -0.3 is 29.9 Å². The van der Waals surface area contributed by atoms with Gasteiger partial charge in [0.1, 0.15) is 5.75 Å². The molecule has 2 aromatic rings. The van der Waals surface area contributed by atoms with Crippen molar-refractivity contribution >= 4 is 33.7 Å². The van der Waals surface area contributed by atoms with Crippen molar-refractivity contribution in [1.29, 1.82) is 0 Å². The number of nitrogens with one attached hydrogen (secondary N) is 1. The Labute approximate surface area is 295 Å². The molecule has 0 aromatic heterocycles. The van der Waals surface area contributed by atoms with Gasteiger partial charge in [0.15, 0.2) is 6.10 Å². The Morgan fingerprint density at radius 1 is 0.880 bits per heavy atom. The molecule has 272 valence electrons. The third kappa shape index (κ3) is 8.18. The minimum atomic E-state index is -3.21. The lowest BCUT2D eigenvalue weighted by Gasteiger charge is -2.42. The second-order valence-electron chi connectivity index (χ2n) is 14.2. The van der Waals surface area contributed by atoms with Crippen LogP contribution in [0.5, 0.6) is 5.75 Å². The molecule has 3 saturated heterocycles. The van der Waals surface area contributed by atoms with E-state index in [2.05, 4.69) is 10.2 Å². The fourth-order valence-electron chi connectivity index (χ4n) is 7.91. The quantitative estimate of drug-likeness (QED) is 0.447. The number of piperidine rings is 2. The van der Waals surface area contributed by atoms with Crippen molar-refractivity contribution in [2.24, 2.45) is 0 Å². The first-order chi connectivity index (χ1) is 23.9. The van der Waals surface area contributed by atoms with Gasteiger partial charge in [0.05, 0.1) is 6.26 Å². The van der Waals surface area contributed by atoms with Crippen molar-refractivity contribution in [1.82, 2.24) is 23.9 Å². The Bertz CT molecular complexity index is 1660. The number of phenolic OH excluding ortho intramolecular Hbond substituents is 1. The van der Waals surface area contributed by atoms with Crippen molar-refractivity contribution in [3.05, 3.63) is 58.7 Å². The number of likely N-dealkylation sites (tertiary alicyclic amines) is 2. The van der Waals surface area contributed by atoms with Gasteiger partial charge >= 0.3 is 12.1 Å². The van der Waals surface area contributed by atoms with Crippen LogP contribution in [0.2, 0.25) is 0 Å². The van der Waals surface area contributed by atoms with Gasteiger partial charge in [-0.2, -0.15) is 4.31 Å². The normalized spacial score (nSPS) is 20.9. The standard InChI is InChI=1S/C36H50N6O7S/c1-25-22-27(23-26(2)33(25)43)24-32(34(44)39-13-9-29(10-14-39)38-18-20-41(21-19-38)50(3,47)48)49-36(46)40-15-11-30(12-16-40)42-17-8-28-6-4-5-7-31(28)37-35(42)45/h4-7,22-23,29-30,32,43H,8-21,24H2,1-3H3,(H,37,45)/t32-/m1/s1. The molecule has 3 fully saturated rings. The molecule has 0 unspecified atom stereocenters. The summed E-state index contributed by atoms with van der Waals surface area (Å²) in [4.78, 5) is 48.4. The Morgan fingerprint density at radius 3 is 2.12 bits per heavy atom. The number of ether oxygens (including phenoxy) is 1. The van der Waals surface area contributed by atoms with E-state index < -0.39 is 22.2 Å². The Balaban J connectivity index is 1.07. The third-order valence-electron chi connectivity index (χ3n) is 10.8. The van der Waals surface area contributed by atoms with Crippen molar-refractivity contribution in [2.75, 3.05) is 70.5 Å². The number of carbonyl (C=O) groups excluding carboxylic acids is 3. The van der Waals surface area contributed by atoms with E-state index in [9.17, 15) is 27.9 Å². The first-order valence-electron chi connectivity index (χ1n) is 17.8. The molecule has 4 heterocycles. The predicted molar refractivity (Wildman–Crippen MR) is 190 cm³/mol. The second kappa shape index (κ2) is 15.2. The highest BCUT2D eigenvalue weighted by atomic mass is 32.2. The maximum Gasteiger partial charge on any atom is 0.410 e. The van der Waals surface area contributed by atoms with Crippen LogP contribution >= 0.6 is 0 Å². The van der Waals surface area contributed by atoms with Gasteiger partial charge in [-0.1, -0.05) is 30.3 Å². The fourth-order valence-corrected chi connectivity index (χ4v) is 8.73. The van der Waals surface area contributed by atoms with Crippen molar-refractivity contribution in [2.45, 2.75) is 70.6 Å². The topological polar surface area (TPSA) is 143 Å². The zero-order chi connectivity index (χ0) is 35.6. The van der Waals surface area contributed by atoms with E-state index in [0.29, 0.717) is 82.9 Å². The maximum absolute atomic E-state index is 14.1. The summed E-state index contributed by atoms with van der Waals surface area (Å²) in [5.74, 6) is -0.0318. The molecule has 2 N–H and O–H groups in total. The van der Waals surface area contributed by atoms with Crippen LogP contribution in [0, 0.1) is 13.8 Å². The van der Waals surface area contributed by atoms with Gasteiger partial charge in [0.25, 0.3) is 5.91 Å². The van der Waals surface area contributed by atoms with Gasteiger partial charge in [0, 0.05) is 83.1 Å². The number of benzene rings is 2. The lowest BCUT2D eigenvalue weighted by atomic mass is 9.98. The first-order valence-corrected chi connectivity index (χ1v) is 19.6. The summed E-state index contributed by atoms with van der Waals surface area (Å²) in [5, 5.41) is 13.4. The summed E-state index contributed by atoms with van der Waals surface area (Å²) in [7, 11) is -3.21. The molecule has 14 heteroatoms. The maximum atomic E-state index is 14.1. The smallest absolute Gasteiger partial charge is 0.410 e. The summed E-state index contributed by atoms with van der Waals surface area (Å²) < 4.78 is 31.4. The number of piperazine rings is 1. The monoisotopic (exact) mass is 710 g/mol. The number of anilines is 1. The number of nitrogens with zero attached hydrogens (tertiary/aromatic N) is 5. The number of hydrogen-bond donors (Lipinski definition) is 2. The average Bonchev–Trinajstić information content (AvgIpc) is 3.27. The summed E-state index contributed by atoms with van der Waals surface area (Å²) in [6, 6.07) is 11.6. The van der Waals surface area contributed by atoms with Crippen LogP contribution in [0.1, 0.15) is 47.9 Å². The minimum Gasteiger partial charge on any atom is -0.507 e. The molecule has 0 saturated carbocycles. The molecule has 4 amide bonds. The molecule has 0 bridgehead atoms. The van der Waals surface area contributed by atoms with Crippen LogP contribution in [0.4, 0.5) is 15.3 Å². The number of carbonyl (C=O) groups is 3. The highest BCUT2D eigenvalue weighted by molar-refractivity contribution is 7.88. The molecular weight excluding hydrogens is 660 g/mol. The summed E-state index contributed by atoms with van der Waals surface area (Å²) in [6.07, 6.45) is 3.35. The van der Waals surface area contributed by atoms with Gasteiger partial charge in [-0.05, 0) is 74.3 Å². The second-order valence-corrected chi connectivity index (χ2v) is 16.1. The van der Waals surface area contributed by atoms with Gasteiger partial charge in [0.2, 0.25) is 10.0 Å². The number of aryl methyl sites for hydroxylation is 2. The molecule has 0 aliphatic carbocycles. The van der Waals surface area contributed by atoms with Crippen LogP contribution < -0.4 is 5.32 Å². The van der Waals surface area contributed by atoms with Crippen molar-refractivity contribution in [3.8, 4) is 5.75 Å². The predicted octanol–water partition coefficient (Wildman–Crippen LogP) is 3.18. The number of hydrogen-bond acceptors (Lipinski definition) is 8. The van der Waals surface area contributed by atoms with E-state index in [-0.39, 0.29) is 36.2 Å². The lowest BCUT2D eigenvalue weighted by molar-refractivity contribution is -0.142. The Kier molecular flexibility index (Phi) is 10.9. The molecule has 4 aliphatic rings. The van der Waals surface area contributed by atoms with Crippen LogP contribution in [0.15, 0.2) is 36.4 Å². The zero-order valence-corrected chi connectivity index (χ0v) is 30.2. The molecule has 0 spiro atoms. The molecule has 13 nitrogen and oxygen atoms in total. The molecule has 4 aliphatic heterocycles. The van der Waals surface area contributed by atoms with E-state index >= 15 is 0 Å². The SMILES string of the molecule is Cc1cc(C[C@@H](OC(=O)N2CCC(N3CCc4ccccc4NC3=O)CC2)C(=O)N2CCC(N3CCN(S(C)(=O)=O)CC3)CC2)cc(C)c1O. The largest absolute Gasteiger partial charge is 0.507 e. The summed E-state index contributed by atoms with van der Waals surface area (Å²) in [5.41, 5.74) is 4.13. The zero-order valence-electron chi connectivity index (χ0n) is 29.3.